The van der Waals surface area contributed by atoms with E-state index in [-0.39, 0.29) is 10.6 Å². The first-order chi connectivity index (χ1) is 9.90. The fourth-order valence-electron chi connectivity index (χ4n) is 1.91. The van der Waals surface area contributed by atoms with Crippen LogP contribution in [0.1, 0.15) is 5.56 Å². The number of sulfone groups is 1. The lowest BCUT2D eigenvalue weighted by Crippen LogP contribution is -2.23. The average Bonchev–Trinajstić information content (AvgIpc) is 2.41. The minimum Gasteiger partial charge on any atom is -0.398 e. The quantitative estimate of drug-likeness (QED) is 0.845. The predicted octanol–water partition coefficient (Wildman–Crippen LogP) is 1.99. The molecule has 0 aromatic heterocycles. The van der Waals surface area contributed by atoms with Gasteiger partial charge in [0.25, 0.3) is 0 Å². The first-order valence-electron chi connectivity index (χ1n) is 6.33. The number of para-hydroxylation sites is 2. The maximum absolute atomic E-state index is 12.2. The van der Waals surface area contributed by atoms with Crippen LogP contribution in [0.15, 0.2) is 53.4 Å². The SMILES string of the molecule is Cc1ccccc1NC(=O)CS(=O)(=O)c1ccccc1N. The molecule has 2 aromatic rings. The Balaban J connectivity index is 2.16. The van der Waals surface area contributed by atoms with Crippen LogP contribution in [0.25, 0.3) is 0 Å². The highest BCUT2D eigenvalue weighted by Crippen LogP contribution is 2.19. The lowest BCUT2D eigenvalue weighted by molar-refractivity contribution is -0.113. The van der Waals surface area contributed by atoms with Gasteiger partial charge in [-0.3, -0.25) is 4.79 Å². The van der Waals surface area contributed by atoms with Gasteiger partial charge in [-0.05, 0) is 30.7 Å². The van der Waals surface area contributed by atoms with E-state index < -0.39 is 21.5 Å². The molecule has 5 nitrogen and oxygen atoms in total. The van der Waals surface area contributed by atoms with Gasteiger partial charge in [0.05, 0.1) is 10.6 Å². The van der Waals surface area contributed by atoms with Gasteiger partial charge in [0, 0.05) is 5.69 Å². The van der Waals surface area contributed by atoms with Crippen LogP contribution < -0.4 is 11.1 Å². The molecule has 0 unspecified atom stereocenters. The summed E-state index contributed by atoms with van der Waals surface area (Å²) < 4.78 is 24.4. The highest BCUT2D eigenvalue weighted by molar-refractivity contribution is 7.92. The molecule has 6 heteroatoms. The first kappa shape index (κ1) is 15.1. The smallest absolute Gasteiger partial charge is 0.239 e. The van der Waals surface area contributed by atoms with Crippen molar-refractivity contribution in [2.75, 3.05) is 16.8 Å². The average molecular weight is 304 g/mol. The van der Waals surface area contributed by atoms with Crippen LogP contribution in [-0.4, -0.2) is 20.1 Å². The maximum atomic E-state index is 12.2. The number of benzene rings is 2. The van der Waals surface area contributed by atoms with E-state index in [9.17, 15) is 13.2 Å². The predicted molar refractivity (Wildman–Crippen MR) is 82.7 cm³/mol. The van der Waals surface area contributed by atoms with Gasteiger partial charge in [-0.1, -0.05) is 30.3 Å². The highest BCUT2D eigenvalue weighted by atomic mass is 32.2. The van der Waals surface area contributed by atoms with E-state index >= 15 is 0 Å². The molecule has 0 aliphatic carbocycles. The van der Waals surface area contributed by atoms with E-state index in [1.807, 2.05) is 19.1 Å². The minimum atomic E-state index is -3.76. The lowest BCUT2D eigenvalue weighted by atomic mass is 10.2. The Bertz CT molecular complexity index is 770. The van der Waals surface area contributed by atoms with Crippen LogP contribution >= 0.6 is 0 Å². The zero-order valence-electron chi connectivity index (χ0n) is 11.5. The number of anilines is 2. The van der Waals surface area contributed by atoms with Crippen LogP contribution in [0, 0.1) is 6.92 Å². The van der Waals surface area contributed by atoms with Crippen molar-refractivity contribution < 1.29 is 13.2 Å². The van der Waals surface area contributed by atoms with Crippen LogP contribution in [0.4, 0.5) is 11.4 Å². The van der Waals surface area contributed by atoms with Gasteiger partial charge in [-0.25, -0.2) is 8.42 Å². The van der Waals surface area contributed by atoms with E-state index in [1.165, 1.54) is 12.1 Å². The van der Waals surface area contributed by atoms with E-state index in [2.05, 4.69) is 5.32 Å². The Morgan fingerprint density at radius 1 is 1.10 bits per heavy atom. The van der Waals surface area contributed by atoms with Crippen molar-refractivity contribution in [1.29, 1.82) is 0 Å². The van der Waals surface area contributed by atoms with Gasteiger partial charge in [-0.2, -0.15) is 0 Å². The molecule has 2 aromatic carbocycles. The summed E-state index contributed by atoms with van der Waals surface area (Å²) in [6.45, 7) is 1.83. The number of nitrogens with one attached hydrogen (secondary N) is 1. The zero-order chi connectivity index (χ0) is 15.5. The molecule has 21 heavy (non-hydrogen) atoms. The third kappa shape index (κ3) is 3.61. The van der Waals surface area contributed by atoms with Gasteiger partial charge < -0.3 is 11.1 Å². The standard InChI is InChI=1S/C15H16N2O3S/c1-11-6-2-4-8-13(11)17-15(18)10-21(19,20)14-9-5-3-7-12(14)16/h2-9H,10,16H2,1H3,(H,17,18). The fourth-order valence-corrected chi connectivity index (χ4v) is 3.20. The summed E-state index contributed by atoms with van der Waals surface area (Å²) in [5, 5.41) is 2.60. The lowest BCUT2D eigenvalue weighted by Gasteiger charge is -2.09. The van der Waals surface area contributed by atoms with Crippen LogP contribution in [0.2, 0.25) is 0 Å². The van der Waals surface area contributed by atoms with Crippen LogP contribution in [-0.2, 0) is 14.6 Å². The molecule has 0 bridgehead atoms. The monoisotopic (exact) mass is 304 g/mol. The summed E-state index contributed by atoms with van der Waals surface area (Å²) in [6, 6.07) is 13.3. The number of hydrogen-bond acceptors (Lipinski definition) is 4. The van der Waals surface area contributed by atoms with Crippen molar-refractivity contribution in [2.24, 2.45) is 0 Å². The molecule has 0 fully saturated rings. The molecule has 0 aliphatic rings. The summed E-state index contributed by atoms with van der Waals surface area (Å²) in [5.74, 6) is -1.23. The number of aryl methyl sites for hydroxylation is 1. The zero-order valence-corrected chi connectivity index (χ0v) is 12.4. The number of nitrogen functional groups attached to an aromatic ring is 1. The summed E-state index contributed by atoms with van der Waals surface area (Å²) in [7, 11) is -3.76. The van der Waals surface area contributed by atoms with Gasteiger partial charge in [0.2, 0.25) is 5.91 Å². The molecule has 0 spiro atoms. The summed E-state index contributed by atoms with van der Waals surface area (Å²) in [5.41, 5.74) is 7.25. The van der Waals surface area contributed by atoms with E-state index in [1.54, 1.807) is 24.3 Å². The third-order valence-electron chi connectivity index (χ3n) is 2.99. The Morgan fingerprint density at radius 2 is 1.71 bits per heavy atom. The Labute approximate surface area is 123 Å². The van der Waals surface area contributed by atoms with Crippen molar-refractivity contribution in [3.8, 4) is 0 Å². The van der Waals surface area contributed by atoms with Gasteiger partial charge in [0.15, 0.2) is 9.84 Å². The molecule has 0 aliphatic heterocycles. The molecule has 3 N–H and O–H groups in total. The fraction of sp³-hybridized carbons (Fsp3) is 0.133. The van der Waals surface area contributed by atoms with E-state index in [0.29, 0.717) is 5.69 Å². The van der Waals surface area contributed by atoms with Crippen LogP contribution in [0.5, 0.6) is 0 Å². The minimum absolute atomic E-state index is 0.0232. The molecule has 0 saturated heterocycles. The molecule has 0 radical (unpaired) electrons. The van der Waals surface area contributed by atoms with Crippen molar-refractivity contribution in [2.45, 2.75) is 11.8 Å². The number of amides is 1. The van der Waals surface area contributed by atoms with Crippen LogP contribution in [0.3, 0.4) is 0 Å². The molecule has 110 valence electrons. The van der Waals surface area contributed by atoms with Gasteiger partial charge in [-0.15, -0.1) is 0 Å². The van der Waals surface area contributed by atoms with Crippen molar-refractivity contribution in [3.05, 3.63) is 54.1 Å². The van der Waals surface area contributed by atoms with E-state index in [4.69, 9.17) is 5.73 Å². The molecular formula is C15H16N2O3S. The Kier molecular flexibility index (Phi) is 4.28. The number of hydrogen-bond donors (Lipinski definition) is 2. The molecule has 1 amide bonds. The normalized spacial score (nSPS) is 11.1. The molecule has 0 heterocycles. The van der Waals surface area contributed by atoms with Crippen molar-refractivity contribution in [3.63, 3.8) is 0 Å². The summed E-state index contributed by atoms with van der Waals surface area (Å²) >= 11 is 0. The summed E-state index contributed by atoms with van der Waals surface area (Å²) in [4.78, 5) is 11.9. The third-order valence-corrected chi connectivity index (χ3v) is 4.68. The molecular weight excluding hydrogens is 288 g/mol. The molecule has 2 rings (SSSR count). The second kappa shape index (κ2) is 5.97. The largest absolute Gasteiger partial charge is 0.398 e. The first-order valence-corrected chi connectivity index (χ1v) is 7.98. The number of carbonyl (C=O) groups is 1. The maximum Gasteiger partial charge on any atom is 0.239 e. The molecule has 0 atom stereocenters. The van der Waals surface area contributed by atoms with Crippen molar-refractivity contribution in [1.82, 2.24) is 0 Å². The van der Waals surface area contributed by atoms with Gasteiger partial charge >= 0.3 is 0 Å². The number of carbonyl (C=O) groups excluding carboxylic acids is 1. The second-order valence-electron chi connectivity index (χ2n) is 4.66. The molecule has 0 saturated carbocycles. The number of nitrogens with two attached hydrogens (primary N) is 1. The van der Waals surface area contributed by atoms with E-state index in [0.717, 1.165) is 5.56 Å². The van der Waals surface area contributed by atoms with Gasteiger partial charge in [0.1, 0.15) is 5.75 Å². The number of rotatable bonds is 4. The Hall–Kier alpha value is -2.34. The second-order valence-corrected chi connectivity index (χ2v) is 6.62. The summed E-state index contributed by atoms with van der Waals surface area (Å²) in [6.07, 6.45) is 0. The Morgan fingerprint density at radius 3 is 2.38 bits per heavy atom. The highest BCUT2D eigenvalue weighted by Gasteiger charge is 2.21. The topological polar surface area (TPSA) is 89.3 Å². The van der Waals surface area contributed by atoms with Crippen molar-refractivity contribution >= 4 is 27.1 Å².